The van der Waals surface area contributed by atoms with Crippen LogP contribution in [0.25, 0.3) is 0 Å². The van der Waals surface area contributed by atoms with Crippen LogP contribution in [0.2, 0.25) is 0 Å². The van der Waals surface area contributed by atoms with Crippen LogP contribution in [0.4, 0.5) is 0 Å². The molecule has 1 heterocycles. The number of carbonyl (C=O) groups excluding carboxylic acids is 1. The number of benzene rings is 2. The van der Waals surface area contributed by atoms with Crippen LogP contribution in [0.15, 0.2) is 54.6 Å². The Hall–Kier alpha value is -2.86. The Labute approximate surface area is 215 Å². The number of methoxy groups -OCH3 is 1. The molecule has 2 aliphatic rings. The van der Waals surface area contributed by atoms with E-state index in [9.17, 15) is 14.7 Å². The van der Waals surface area contributed by atoms with E-state index in [1.165, 1.54) is 0 Å². The van der Waals surface area contributed by atoms with Gasteiger partial charge in [0.25, 0.3) is 0 Å². The standard InChI is InChI=1S/C30H40N2O4/c1-30(2,3)24-25(31-19-20-12-11-17-23(18-20)36-4)26(21-13-7-5-8-14-21)32(27(24)29(34)35)28(33)22-15-9-6-10-16-22/h5,7-8,11-14,17-18,22,24-27,31H,6,9-10,15-16,19H2,1-4H3,(H,34,35). The molecule has 2 aromatic rings. The summed E-state index contributed by atoms with van der Waals surface area (Å²) in [6, 6.07) is 16.4. The fourth-order valence-corrected chi connectivity index (χ4v) is 6.31. The summed E-state index contributed by atoms with van der Waals surface area (Å²) in [4.78, 5) is 28.7. The Morgan fingerprint density at radius 2 is 1.72 bits per heavy atom. The third-order valence-electron chi connectivity index (χ3n) is 7.95. The molecule has 4 atom stereocenters. The number of nitrogens with one attached hydrogen (secondary N) is 1. The number of rotatable bonds is 7. The van der Waals surface area contributed by atoms with Crippen molar-refractivity contribution >= 4 is 11.9 Å². The van der Waals surface area contributed by atoms with Gasteiger partial charge in [-0.2, -0.15) is 0 Å². The minimum Gasteiger partial charge on any atom is -0.497 e. The molecule has 1 saturated heterocycles. The van der Waals surface area contributed by atoms with Crippen LogP contribution >= 0.6 is 0 Å². The molecular formula is C30H40N2O4. The molecule has 1 saturated carbocycles. The van der Waals surface area contributed by atoms with Gasteiger partial charge in [0.2, 0.25) is 5.91 Å². The van der Waals surface area contributed by atoms with Crippen molar-refractivity contribution in [1.29, 1.82) is 0 Å². The molecule has 6 heteroatoms. The van der Waals surface area contributed by atoms with Gasteiger partial charge in [0.05, 0.1) is 13.2 Å². The number of carboxylic acid groups (broad SMARTS) is 1. The molecule has 4 unspecified atom stereocenters. The number of carbonyl (C=O) groups is 2. The molecule has 1 aliphatic carbocycles. The van der Waals surface area contributed by atoms with Gasteiger partial charge in [-0.25, -0.2) is 4.79 Å². The first-order valence-corrected chi connectivity index (χ1v) is 13.2. The Balaban J connectivity index is 1.78. The second-order valence-electron chi connectivity index (χ2n) is 11.4. The molecule has 0 aromatic heterocycles. The van der Waals surface area contributed by atoms with Crippen molar-refractivity contribution < 1.29 is 19.4 Å². The maximum Gasteiger partial charge on any atom is 0.326 e. The minimum atomic E-state index is -0.925. The Morgan fingerprint density at radius 1 is 1.03 bits per heavy atom. The van der Waals surface area contributed by atoms with Gasteiger partial charge in [0.15, 0.2) is 0 Å². The van der Waals surface area contributed by atoms with E-state index in [2.05, 4.69) is 26.1 Å². The van der Waals surface area contributed by atoms with Crippen molar-refractivity contribution in [1.82, 2.24) is 10.2 Å². The highest BCUT2D eigenvalue weighted by molar-refractivity contribution is 5.87. The van der Waals surface area contributed by atoms with E-state index in [-0.39, 0.29) is 35.2 Å². The molecular weight excluding hydrogens is 452 g/mol. The van der Waals surface area contributed by atoms with Gasteiger partial charge in [-0.15, -0.1) is 0 Å². The smallest absolute Gasteiger partial charge is 0.326 e. The zero-order chi connectivity index (χ0) is 25.9. The monoisotopic (exact) mass is 492 g/mol. The molecule has 1 aliphatic heterocycles. The van der Waals surface area contributed by atoms with Crippen LogP contribution in [-0.4, -0.2) is 41.1 Å². The van der Waals surface area contributed by atoms with Gasteiger partial charge in [-0.3, -0.25) is 4.79 Å². The molecule has 2 aromatic carbocycles. The molecule has 194 valence electrons. The van der Waals surface area contributed by atoms with E-state index < -0.39 is 12.0 Å². The number of hydrogen-bond acceptors (Lipinski definition) is 4. The SMILES string of the molecule is COc1cccc(CNC2C(c3ccccc3)N(C(=O)C3CCCCC3)C(C(=O)O)C2C(C)(C)C)c1. The summed E-state index contributed by atoms with van der Waals surface area (Å²) in [6.45, 7) is 6.81. The number of ether oxygens (including phenoxy) is 1. The molecule has 2 fully saturated rings. The molecule has 2 N–H and O–H groups in total. The van der Waals surface area contributed by atoms with Gasteiger partial charge in [-0.1, -0.05) is 82.5 Å². The van der Waals surface area contributed by atoms with Crippen LogP contribution in [0.1, 0.15) is 70.0 Å². The molecule has 0 bridgehead atoms. The molecule has 6 nitrogen and oxygen atoms in total. The van der Waals surface area contributed by atoms with Gasteiger partial charge in [0, 0.05) is 24.4 Å². The molecule has 4 rings (SSSR count). The van der Waals surface area contributed by atoms with E-state index in [1.807, 2.05) is 54.6 Å². The van der Waals surface area contributed by atoms with Crippen LogP contribution in [0.3, 0.4) is 0 Å². The molecule has 36 heavy (non-hydrogen) atoms. The average molecular weight is 493 g/mol. The van der Waals surface area contributed by atoms with Gasteiger partial charge in [0.1, 0.15) is 11.8 Å². The summed E-state index contributed by atoms with van der Waals surface area (Å²) in [6.07, 6.45) is 4.87. The van der Waals surface area contributed by atoms with Crippen molar-refractivity contribution in [3.05, 3.63) is 65.7 Å². The number of nitrogens with zero attached hydrogens (tertiary/aromatic N) is 1. The first kappa shape index (κ1) is 26.2. The number of carboxylic acids is 1. The lowest BCUT2D eigenvalue weighted by Crippen LogP contribution is -2.49. The van der Waals surface area contributed by atoms with Crippen LogP contribution < -0.4 is 10.1 Å². The van der Waals surface area contributed by atoms with E-state index in [4.69, 9.17) is 4.74 Å². The Bertz CT molecular complexity index is 1040. The summed E-state index contributed by atoms with van der Waals surface area (Å²) in [5.74, 6) is -0.533. The fourth-order valence-electron chi connectivity index (χ4n) is 6.31. The lowest BCUT2D eigenvalue weighted by molar-refractivity contribution is -0.154. The van der Waals surface area contributed by atoms with Gasteiger partial charge >= 0.3 is 5.97 Å². The van der Waals surface area contributed by atoms with Crippen molar-refractivity contribution in [2.24, 2.45) is 17.3 Å². The number of amides is 1. The number of aliphatic carboxylic acids is 1. The maximum absolute atomic E-state index is 14.1. The first-order chi connectivity index (χ1) is 17.2. The molecule has 0 radical (unpaired) electrons. The van der Waals surface area contributed by atoms with Crippen LogP contribution in [-0.2, 0) is 16.1 Å². The van der Waals surface area contributed by atoms with Crippen LogP contribution in [0.5, 0.6) is 5.75 Å². The zero-order valence-corrected chi connectivity index (χ0v) is 21.9. The van der Waals surface area contributed by atoms with E-state index in [0.717, 1.165) is 49.0 Å². The van der Waals surface area contributed by atoms with E-state index in [0.29, 0.717) is 6.54 Å². The van der Waals surface area contributed by atoms with Crippen LogP contribution in [0, 0.1) is 17.3 Å². The van der Waals surface area contributed by atoms with Gasteiger partial charge in [-0.05, 0) is 41.5 Å². The quantitative estimate of drug-likeness (QED) is 0.539. The highest BCUT2D eigenvalue weighted by Crippen LogP contribution is 2.49. The predicted molar refractivity (Wildman–Crippen MR) is 141 cm³/mol. The lowest BCUT2D eigenvalue weighted by atomic mass is 9.72. The highest BCUT2D eigenvalue weighted by atomic mass is 16.5. The number of likely N-dealkylation sites (tertiary alicyclic amines) is 1. The van der Waals surface area contributed by atoms with E-state index >= 15 is 0 Å². The largest absolute Gasteiger partial charge is 0.497 e. The van der Waals surface area contributed by atoms with Crippen molar-refractivity contribution in [3.8, 4) is 5.75 Å². The van der Waals surface area contributed by atoms with E-state index in [1.54, 1.807) is 12.0 Å². The van der Waals surface area contributed by atoms with Crippen molar-refractivity contribution in [3.63, 3.8) is 0 Å². The summed E-state index contributed by atoms with van der Waals surface area (Å²) in [5.41, 5.74) is 1.68. The fraction of sp³-hybridized carbons (Fsp3) is 0.533. The first-order valence-electron chi connectivity index (χ1n) is 13.2. The third kappa shape index (κ3) is 5.44. The Kier molecular flexibility index (Phi) is 8.04. The Morgan fingerprint density at radius 3 is 2.33 bits per heavy atom. The zero-order valence-electron chi connectivity index (χ0n) is 21.9. The van der Waals surface area contributed by atoms with Gasteiger partial charge < -0.3 is 20.1 Å². The summed E-state index contributed by atoms with van der Waals surface area (Å²) < 4.78 is 5.40. The van der Waals surface area contributed by atoms with Crippen molar-refractivity contribution in [2.75, 3.05) is 7.11 Å². The highest BCUT2D eigenvalue weighted by Gasteiger charge is 2.58. The summed E-state index contributed by atoms with van der Waals surface area (Å²) >= 11 is 0. The minimum absolute atomic E-state index is 0.00381. The molecule has 1 amide bonds. The lowest BCUT2D eigenvalue weighted by Gasteiger charge is -2.36. The second-order valence-corrected chi connectivity index (χ2v) is 11.4. The molecule has 0 spiro atoms. The topological polar surface area (TPSA) is 78.9 Å². The summed E-state index contributed by atoms with van der Waals surface area (Å²) in [7, 11) is 1.65. The second kappa shape index (κ2) is 11.0. The third-order valence-corrected chi connectivity index (χ3v) is 7.95. The number of hydrogen-bond donors (Lipinski definition) is 2. The predicted octanol–water partition coefficient (Wildman–Crippen LogP) is 5.43. The maximum atomic E-state index is 14.1. The normalized spacial score (nSPS) is 25.1. The average Bonchev–Trinajstić information content (AvgIpc) is 3.24. The van der Waals surface area contributed by atoms with Crippen molar-refractivity contribution in [2.45, 2.75) is 77.5 Å². The summed E-state index contributed by atoms with van der Waals surface area (Å²) in [5, 5.41) is 14.3.